The van der Waals surface area contributed by atoms with Crippen LogP contribution in [0.1, 0.15) is 0 Å². The highest BCUT2D eigenvalue weighted by atomic mass is 16.5. The molecule has 0 bridgehead atoms. The van der Waals surface area contributed by atoms with Crippen LogP contribution in [0.5, 0.6) is 17.5 Å². The summed E-state index contributed by atoms with van der Waals surface area (Å²) in [5.41, 5.74) is 1.21. The molecule has 1 aromatic carbocycles. The molecular formula is C15H18N4O2. The fraction of sp³-hybridized carbons (Fsp3) is 0.333. The van der Waals surface area contributed by atoms with Crippen LogP contribution >= 0.6 is 0 Å². The number of piperazine rings is 1. The van der Waals surface area contributed by atoms with Crippen molar-refractivity contribution < 1.29 is 9.47 Å². The van der Waals surface area contributed by atoms with Gasteiger partial charge in [-0.2, -0.15) is 4.98 Å². The zero-order valence-electron chi connectivity index (χ0n) is 12.0. The Morgan fingerprint density at radius 1 is 1.05 bits per heavy atom. The number of ether oxygens (including phenoxy) is 2. The number of nitrogens with zero attached hydrogens (tertiary/aromatic N) is 3. The molecule has 1 aliphatic heterocycles. The molecule has 1 fully saturated rings. The summed E-state index contributed by atoms with van der Waals surface area (Å²) in [5, 5.41) is 3.35. The standard InChI is InChI=1S/C15H18N4O2/c1-20-14-10-17-11-15(18-14)21-13-4-2-12(3-5-13)19-8-6-16-7-9-19/h2-5,10-11,16H,6-9H2,1H3. The molecule has 6 nitrogen and oxygen atoms in total. The normalized spacial score (nSPS) is 14.8. The van der Waals surface area contributed by atoms with Crippen LogP contribution < -0.4 is 19.7 Å². The summed E-state index contributed by atoms with van der Waals surface area (Å²) in [6.07, 6.45) is 3.10. The predicted molar refractivity (Wildman–Crippen MR) is 80.2 cm³/mol. The average molecular weight is 286 g/mol. The Morgan fingerprint density at radius 2 is 1.76 bits per heavy atom. The van der Waals surface area contributed by atoms with E-state index < -0.39 is 0 Å². The topological polar surface area (TPSA) is 59.5 Å². The largest absolute Gasteiger partial charge is 0.480 e. The minimum atomic E-state index is 0.421. The maximum Gasteiger partial charge on any atom is 0.241 e. The van der Waals surface area contributed by atoms with Crippen molar-refractivity contribution in [2.45, 2.75) is 0 Å². The molecule has 1 saturated heterocycles. The lowest BCUT2D eigenvalue weighted by Crippen LogP contribution is -2.43. The molecule has 0 unspecified atom stereocenters. The van der Waals surface area contributed by atoms with Gasteiger partial charge < -0.3 is 19.7 Å². The molecule has 0 amide bonds. The molecule has 6 heteroatoms. The summed E-state index contributed by atoms with van der Waals surface area (Å²) >= 11 is 0. The van der Waals surface area contributed by atoms with E-state index in [9.17, 15) is 0 Å². The molecule has 2 aromatic rings. The second kappa shape index (κ2) is 6.41. The maximum absolute atomic E-state index is 5.68. The lowest BCUT2D eigenvalue weighted by atomic mass is 10.2. The van der Waals surface area contributed by atoms with Crippen LogP contribution in [-0.4, -0.2) is 43.3 Å². The third-order valence-electron chi connectivity index (χ3n) is 3.34. The molecule has 2 heterocycles. The van der Waals surface area contributed by atoms with E-state index in [2.05, 4.69) is 32.3 Å². The molecule has 21 heavy (non-hydrogen) atoms. The van der Waals surface area contributed by atoms with Gasteiger partial charge in [-0.05, 0) is 24.3 Å². The van der Waals surface area contributed by atoms with E-state index in [-0.39, 0.29) is 0 Å². The second-order valence-electron chi connectivity index (χ2n) is 4.73. The summed E-state index contributed by atoms with van der Waals surface area (Å²) in [5.74, 6) is 1.59. The fourth-order valence-electron chi connectivity index (χ4n) is 2.25. The summed E-state index contributed by atoms with van der Waals surface area (Å²) in [4.78, 5) is 10.5. The number of hydrogen-bond donors (Lipinski definition) is 1. The first-order valence-electron chi connectivity index (χ1n) is 6.95. The second-order valence-corrected chi connectivity index (χ2v) is 4.73. The van der Waals surface area contributed by atoms with Gasteiger partial charge in [-0.1, -0.05) is 0 Å². The smallest absolute Gasteiger partial charge is 0.241 e. The van der Waals surface area contributed by atoms with Gasteiger partial charge in [0, 0.05) is 31.9 Å². The van der Waals surface area contributed by atoms with Crippen molar-refractivity contribution >= 4 is 5.69 Å². The van der Waals surface area contributed by atoms with Crippen molar-refractivity contribution in [1.82, 2.24) is 15.3 Å². The number of methoxy groups -OCH3 is 1. The minimum Gasteiger partial charge on any atom is -0.480 e. The van der Waals surface area contributed by atoms with Crippen molar-refractivity contribution in [3.05, 3.63) is 36.7 Å². The van der Waals surface area contributed by atoms with E-state index in [4.69, 9.17) is 9.47 Å². The van der Waals surface area contributed by atoms with E-state index >= 15 is 0 Å². The van der Waals surface area contributed by atoms with E-state index in [1.54, 1.807) is 19.5 Å². The van der Waals surface area contributed by atoms with Gasteiger partial charge in [-0.25, -0.2) is 0 Å². The SMILES string of the molecule is COc1cncc(Oc2ccc(N3CCNCC3)cc2)n1. The molecule has 0 saturated carbocycles. The average Bonchev–Trinajstić information content (AvgIpc) is 2.56. The maximum atomic E-state index is 5.68. The molecule has 0 spiro atoms. The molecule has 0 atom stereocenters. The Labute approximate surface area is 123 Å². The van der Waals surface area contributed by atoms with Crippen LogP contribution in [0.2, 0.25) is 0 Å². The Morgan fingerprint density at radius 3 is 2.48 bits per heavy atom. The Bertz CT molecular complexity index is 582. The number of aromatic nitrogens is 2. The number of hydrogen-bond acceptors (Lipinski definition) is 6. The van der Waals surface area contributed by atoms with Gasteiger partial charge in [0.1, 0.15) is 5.75 Å². The van der Waals surface area contributed by atoms with Crippen molar-refractivity contribution in [3.63, 3.8) is 0 Å². The van der Waals surface area contributed by atoms with Crippen molar-refractivity contribution in [2.75, 3.05) is 38.2 Å². The lowest BCUT2D eigenvalue weighted by molar-refractivity contribution is 0.380. The van der Waals surface area contributed by atoms with Crippen LogP contribution in [0.15, 0.2) is 36.7 Å². The Kier molecular flexibility index (Phi) is 4.16. The third-order valence-corrected chi connectivity index (χ3v) is 3.34. The van der Waals surface area contributed by atoms with E-state index in [1.807, 2.05) is 12.1 Å². The predicted octanol–water partition coefficient (Wildman–Crippen LogP) is 1.69. The lowest BCUT2D eigenvalue weighted by Gasteiger charge is -2.29. The molecule has 1 N–H and O–H groups in total. The fourth-order valence-corrected chi connectivity index (χ4v) is 2.25. The summed E-state index contributed by atoms with van der Waals surface area (Å²) < 4.78 is 10.7. The molecular weight excluding hydrogens is 268 g/mol. The first-order chi connectivity index (χ1) is 10.3. The molecule has 110 valence electrons. The van der Waals surface area contributed by atoms with Crippen molar-refractivity contribution in [1.29, 1.82) is 0 Å². The van der Waals surface area contributed by atoms with Crippen LogP contribution in [0, 0.1) is 0 Å². The first kappa shape index (κ1) is 13.6. The van der Waals surface area contributed by atoms with Gasteiger partial charge >= 0.3 is 0 Å². The highest BCUT2D eigenvalue weighted by Gasteiger charge is 2.10. The van der Waals surface area contributed by atoms with Gasteiger partial charge in [-0.15, -0.1) is 0 Å². The van der Waals surface area contributed by atoms with Gasteiger partial charge in [0.15, 0.2) is 0 Å². The van der Waals surface area contributed by atoms with Gasteiger partial charge in [-0.3, -0.25) is 4.98 Å². The number of nitrogens with one attached hydrogen (secondary N) is 1. The minimum absolute atomic E-state index is 0.421. The highest BCUT2D eigenvalue weighted by Crippen LogP contribution is 2.24. The van der Waals surface area contributed by atoms with E-state index in [0.29, 0.717) is 11.8 Å². The number of anilines is 1. The van der Waals surface area contributed by atoms with Crippen LogP contribution in [-0.2, 0) is 0 Å². The molecule has 1 aliphatic rings. The summed E-state index contributed by atoms with van der Waals surface area (Å²) in [6, 6.07) is 8.01. The zero-order valence-corrected chi connectivity index (χ0v) is 12.0. The van der Waals surface area contributed by atoms with E-state index in [0.717, 1.165) is 31.9 Å². The quantitative estimate of drug-likeness (QED) is 0.923. The molecule has 0 aliphatic carbocycles. The number of benzene rings is 1. The van der Waals surface area contributed by atoms with Crippen molar-refractivity contribution in [2.24, 2.45) is 0 Å². The zero-order chi connectivity index (χ0) is 14.5. The molecule has 0 radical (unpaired) electrons. The third kappa shape index (κ3) is 3.41. The van der Waals surface area contributed by atoms with Gasteiger partial charge in [0.05, 0.1) is 19.5 Å². The Balaban J connectivity index is 1.68. The molecule has 1 aromatic heterocycles. The Hall–Kier alpha value is -2.34. The molecule has 3 rings (SSSR count). The number of rotatable bonds is 4. The monoisotopic (exact) mass is 286 g/mol. The van der Waals surface area contributed by atoms with Gasteiger partial charge in [0.2, 0.25) is 11.8 Å². The highest BCUT2D eigenvalue weighted by molar-refractivity contribution is 5.49. The van der Waals surface area contributed by atoms with E-state index in [1.165, 1.54) is 5.69 Å². The van der Waals surface area contributed by atoms with Crippen LogP contribution in [0.4, 0.5) is 5.69 Å². The van der Waals surface area contributed by atoms with Gasteiger partial charge in [0.25, 0.3) is 0 Å². The van der Waals surface area contributed by atoms with Crippen molar-refractivity contribution in [3.8, 4) is 17.5 Å². The van der Waals surface area contributed by atoms with Crippen LogP contribution in [0.25, 0.3) is 0 Å². The summed E-state index contributed by atoms with van der Waals surface area (Å²) in [6.45, 7) is 4.11. The first-order valence-corrected chi connectivity index (χ1v) is 6.95. The summed E-state index contributed by atoms with van der Waals surface area (Å²) in [7, 11) is 1.55. The van der Waals surface area contributed by atoms with Crippen LogP contribution in [0.3, 0.4) is 0 Å².